The summed E-state index contributed by atoms with van der Waals surface area (Å²) >= 11 is 1.88. The molecule has 92 valence electrons. The van der Waals surface area contributed by atoms with E-state index < -0.39 is 5.54 Å². The highest BCUT2D eigenvalue weighted by Gasteiger charge is 2.32. The molecule has 0 spiro atoms. The van der Waals surface area contributed by atoms with E-state index in [1.807, 2.05) is 42.1 Å². The standard InChI is InChI=1S/C13H18N2OS/c1-13(14,10-5-3-2-4-6-10)12(16)15-11-7-8-17-9-11/h2-6,11H,7-9,14H2,1H3,(H,15,16). The number of thioether (sulfide) groups is 1. The molecule has 17 heavy (non-hydrogen) atoms. The average molecular weight is 250 g/mol. The summed E-state index contributed by atoms with van der Waals surface area (Å²) in [5.41, 5.74) is 6.04. The Morgan fingerprint density at radius 2 is 2.18 bits per heavy atom. The lowest BCUT2D eigenvalue weighted by Gasteiger charge is -2.26. The summed E-state index contributed by atoms with van der Waals surface area (Å²) in [7, 11) is 0. The molecule has 2 unspecified atom stereocenters. The van der Waals surface area contributed by atoms with E-state index in [1.165, 1.54) is 0 Å². The molecular formula is C13H18N2OS. The number of carbonyl (C=O) groups is 1. The highest BCUT2D eigenvalue weighted by atomic mass is 32.2. The van der Waals surface area contributed by atoms with Gasteiger partial charge in [-0.2, -0.15) is 11.8 Å². The number of nitrogens with two attached hydrogens (primary N) is 1. The van der Waals surface area contributed by atoms with Gasteiger partial charge in [0.2, 0.25) is 5.91 Å². The summed E-state index contributed by atoms with van der Waals surface area (Å²) in [6.07, 6.45) is 1.04. The van der Waals surface area contributed by atoms with Crippen molar-refractivity contribution in [2.45, 2.75) is 24.9 Å². The van der Waals surface area contributed by atoms with Gasteiger partial charge in [0.15, 0.2) is 0 Å². The van der Waals surface area contributed by atoms with Gasteiger partial charge in [-0.05, 0) is 24.7 Å². The van der Waals surface area contributed by atoms with E-state index in [-0.39, 0.29) is 11.9 Å². The Morgan fingerprint density at radius 1 is 1.47 bits per heavy atom. The third kappa shape index (κ3) is 2.82. The first-order valence-corrected chi connectivity index (χ1v) is 6.99. The molecule has 1 aromatic carbocycles. The third-order valence-electron chi connectivity index (χ3n) is 3.11. The maximum Gasteiger partial charge on any atom is 0.244 e. The largest absolute Gasteiger partial charge is 0.351 e. The number of carbonyl (C=O) groups excluding carboxylic acids is 1. The van der Waals surface area contributed by atoms with Crippen LogP contribution in [0.3, 0.4) is 0 Å². The number of benzene rings is 1. The minimum atomic E-state index is -0.950. The van der Waals surface area contributed by atoms with Crippen molar-refractivity contribution in [3.63, 3.8) is 0 Å². The monoisotopic (exact) mass is 250 g/mol. The molecule has 1 amide bonds. The van der Waals surface area contributed by atoms with Crippen molar-refractivity contribution < 1.29 is 4.79 Å². The lowest BCUT2D eigenvalue weighted by Crippen LogP contribution is -2.52. The highest BCUT2D eigenvalue weighted by molar-refractivity contribution is 7.99. The van der Waals surface area contributed by atoms with Crippen LogP contribution in [0.15, 0.2) is 30.3 Å². The van der Waals surface area contributed by atoms with Gasteiger partial charge in [0.1, 0.15) is 5.54 Å². The SMILES string of the molecule is CC(N)(C(=O)NC1CCSC1)c1ccccc1. The number of nitrogens with one attached hydrogen (secondary N) is 1. The van der Waals surface area contributed by atoms with Crippen molar-refractivity contribution in [2.75, 3.05) is 11.5 Å². The first kappa shape index (κ1) is 12.5. The van der Waals surface area contributed by atoms with E-state index in [0.717, 1.165) is 23.5 Å². The Morgan fingerprint density at radius 3 is 2.76 bits per heavy atom. The first-order valence-electron chi connectivity index (χ1n) is 5.84. The highest BCUT2D eigenvalue weighted by Crippen LogP contribution is 2.21. The Bertz CT molecular complexity index is 386. The quantitative estimate of drug-likeness (QED) is 0.854. The molecule has 0 aromatic heterocycles. The smallest absolute Gasteiger partial charge is 0.244 e. The van der Waals surface area contributed by atoms with Crippen LogP contribution in [0.1, 0.15) is 18.9 Å². The van der Waals surface area contributed by atoms with Crippen LogP contribution in [-0.2, 0) is 10.3 Å². The van der Waals surface area contributed by atoms with Gasteiger partial charge in [0.05, 0.1) is 0 Å². The molecule has 0 radical (unpaired) electrons. The van der Waals surface area contributed by atoms with Gasteiger partial charge in [-0.1, -0.05) is 30.3 Å². The zero-order chi connectivity index (χ0) is 12.3. The van der Waals surface area contributed by atoms with Crippen molar-refractivity contribution in [3.8, 4) is 0 Å². The van der Waals surface area contributed by atoms with Crippen molar-refractivity contribution in [1.82, 2.24) is 5.32 Å². The van der Waals surface area contributed by atoms with Crippen LogP contribution in [0.4, 0.5) is 0 Å². The molecule has 3 N–H and O–H groups in total. The van der Waals surface area contributed by atoms with E-state index in [2.05, 4.69) is 5.32 Å². The normalized spacial score (nSPS) is 23.1. The number of hydrogen-bond donors (Lipinski definition) is 2. The molecule has 4 heteroatoms. The second-order valence-electron chi connectivity index (χ2n) is 4.60. The summed E-state index contributed by atoms with van der Waals surface area (Å²) in [6.45, 7) is 1.76. The van der Waals surface area contributed by atoms with Crippen LogP contribution in [0.25, 0.3) is 0 Å². The van der Waals surface area contributed by atoms with E-state index in [4.69, 9.17) is 5.73 Å². The fraction of sp³-hybridized carbons (Fsp3) is 0.462. The van der Waals surface area contributed by atoms with Crippen molar-refractivity contribution in [1.29, 1.82) is 0 Å². The lowest BCUT2D eigenvalue weighted by atomic mass is 9.92. The molecule has 2 atom stereocenters. The van der Waals surface area contributed by atoms with E-state index in [1.54, 1.807) is 6.92 Å². The molecule has 1 saturated heterocycles. The van der Waals surface area contributed by atoms with Gasteiger partial charge in [0.25, 0.3) is 0 Å². The predicted octanol–water partition coefficient (Wildman–Crippen LogP) is 1.48. The molecule has 1 heterocycles. The van der Waals surface area contributed by atoms with Gasteiger partial charge in [-0.15, -0.1) is 0 Å². The molecule has 0 aliphatic carbocycles. The lowest BCUT2D eigenvalue weighted by molar-refractivity contribution is -0.126. The van der Waals surface area contributed by atoms with E-state index in [0.29, 0.717) is 0 Å². The van der Waals surface area contributed by atoms with Crippen LogP contribution in [0.5, 0.6) is 0 Å². The summed E-state index contributed by atoms with van der Waals surface area (Å²) in [4.78, 5) is 12.2. The number of rotatable bonds is 3. The summed E-state index contributed by atoms with van der Waals surface area (Å²) in [6, 6.07) is 9.79. The van der Waals surface area contributed by atoms with E-state index in [9.17, 15) is 4.79 Å². The number of amides is 1. The Kier molecular flexibility index (Phi) is 3.74. The Labute approximate surface area is 106 Å². The van der Waals surface area contributed by atoms with Gasteiger partial charge >= 0.3 is 0 Å². The molecule has 2 rings (SSSR count). The molecule has 0 saturated carbocycles. The van der Waals surface area contributed by atoms with Crippen LogP contribution in [0.2, 0.25) is 0 Å². The fourth-order valence-electron chi connectivity index (χ4n) is 1.90. The average Bonchev–Trinajstić information content (AvgIpc) is 2.83. The molecule has 1 aliphatic heterocycles. The van der Waals surface area contributed by atoms with Crippen molar-refractivity contribution in [3.05, 3.63) is 35.9 Å². The maximum absolute atomic E-state index is 12.2. The molecule has 0 bridgehead atoms. The summed E-state index contributed by atoms with van der Waals surface area (Å²) < 4.78 is 0. The van der Waals surface area contributed by atoms with E-state index >= 15 is 0 Å². The molecule has 1 aromatic rings. The van der Waals surface area contributed by atoms with Gasteiger partial charge in [0, 0.05) is 11.8 Å². The Hall–Kier alpha value is -1.00. The topological polar surface area (TPSA) is 55.1 Å². The van der Waals surface area contributed by atoms with Crippen molar-refractivity contribution in [2.24, 2.45) is 5.73 Å². The third-order valence-corrected chi connectivity index (χ3v) is 4.27. The summed E-state index contributed by atoms with van der Waals surface area (Å²) in [5.74, 6) is 2.03. The first-order chi connectivity index (χ1) is 8.10. The van der Waals surface area contributed by atoms with Gasteiger partial charge < -0.3 is 11.1 Å². The zero-order valence-electron chi connectivity index (χ0n) is 9.98. The Balaban J connectivity index is 2.06. The predicted molar refractivity (Wildman–Crippen MR) is 71.9 cm³/mol. The van der Waals surface area contributed by atoms with Crippen molar-refractivity contribution >= 4 is 17.7 Å². The van der Waals surface area contributed by atoms with Crippen LogP contribution in [0, 0.1) is 0 Å². The van der Waals surface area contributed by atoms with Gasteiger partial charge in [-0.25, -0.2) is 0 Å². The second kappa shape index (κ2) is 5.10. The molecule has 1 fully saturated rings. The second-order valence-corrected chi connectivity index (χ2v) is 5.75. The minimum Gasteiger partial charge on any atom is -0.351 e. The molecule has 3 nitrogen and oxygen atoms in total. The van der Waals surface area contributed by atoms with Gasteiger partial charge in [-0.3, -0.25) is 4.79 Å². The zero-order valence-corrected chi connectivity index (χ0v) is 10.8. The summed E-state index contributed by atoms with van der Waals surface area (Å²) in [5, 5.41) is 3.03. The van der Waals surface area contributed by atoms with Crippen LogP contribution < -0.4 is 11.1 Å². The molecular weight excluding hydrogens is 232 g/mol. The van der Waals surface area contributed by atoms with Crippen LogP contribution >= 0.6 is 11.8 Å². The fourth-order valence-corrected chi connectivity index (χ4v) is 3.05. The molecule has 1 aliphatic rings. The maximum atomic E-state index is 12.2. The van der Waals surface area contributed by atoms with Crippen LogP contribution in [-0.4, -0.2) is 23.5 Å². The minimum absolute atomic E-state index is 0.0869. The number of hydrogen-bond acceptors (Lipinski definition) is 3.